The van der Waals surface area contributed by atoms with Crippen LogP contribution in [0.1, 0.15) is 24.8 Å². The standard InChI is InChI=1S/C21H25N3O4S/c22-29(27,28)19-11-8-16(9-12-19)10-13-20(25)24-14-4-5-17(15-24)21(26)23-18-6-2-1-3-7-18/h1-3,6-9,11-12,17H,4-5,10,13-15H2,(H,23,26)(H2,22,27,28)/t17-/m1/s1. The van der Waals surface area contributed by atoms with E-state index >= 15 is 0 Å². The molecular formula is C21H25N3O4S. The highest BCUT2D eigenvalue weighted by Gasteiger charge is 2.28. The number of piperidine rings is 1. The summed E-state index contributed by atoms with van der Waals surface area (Å²) in [6.45, 7) is 1.07. The van der Waals surface area contributed by atoms with Crippen LogP contribution in [0.5, 0.6) is 0 Å². The zero-order valence-corrected chi connectivity index (χ0v) is 16.9. The van der Waals surface area contributed by atoms with E-state index in [1.54, 1.807) is 17.0 Å². The van der Waals surface area contributed by atoms with E-state index in [4.69, 9.17) is 5.14 Å². The number of carbonyl (C=O) groups is 2. The van der Waals surface area contributed by atoms with Gasteiger partial charge in [-0.3, -0.25) is 9.59 Å². The predicted octanol–water partition coefficient (Wildman–Crippen LogP) is 2.14. The van der Waals surface area contributed by atoms with Gasteiger partial charge in [-0.1, -0.05) is 30.3 Å². The average Bonchev–Trinajstić information content (AvgIpc) is 2.72. The Morgan fingerprint density at radius 3 is 2.41 bits per heavy atom. The topological polar surface area (TPSA) is 110 Å². The number of nitrogens with zero attached hydrogens (tertiary/aromatic N) is 1. The Kier molecular flexibility index (Phi) is 6.66. The minimum Gasteiger partial charge on any atom is -0.342 e. The van der Waals surface area contributed by atoms with Gasteiger partial charge in [0.05, 0.1) is 10.8 Å². The van der Waals surface area contributed by atoms with Crippen molar-refractivity contribution in [3.63, 3.8) is 0 Å². The number of carbonyl (C=O) groups excluding carboxylic acids is 2. The number of sulfonamides is 1. The van der Waals surface area contributed by atoms with Crippen molar-refractivity contribution in [3.8, 4) is 0 Å². The van der Waals surface area contributed by atoms with Crippen LogP contribution in [0.2, 0.25) is 0 Å². The fourth-order valence-corrected chi connectivity index (χ4v) is 3.95. The molecule has 154 valence electrons. The number of aryl methyl sites for hydroxylation is 1. The SMILES string of the molecule is NS(=O)(=O)c1ccc(CCC(=O)N2CCC[C@@H](C(=O)Nc3ccccc3)C2)cc1. The molecular weight excluding hydrogens is 390 g/mol. The number of benzene rings is 2. The van der Waals surface area contributed by atoms with E-state index in [2.05, 4.69) is 5.32 Å². The van der Waals surface area contributed by atoms with Crippen LogP contribution in [0.3, 0.4) is 0 Å². The number of likely N-dealkylation sites (tertiary alicyclic amines) is 1. The normalized spacial score (nSPS) is 17.0. The number of primary sulfonamides is 1. The number of amides is 2. The third-order valence-electron chi connectivity index (χ3n) is 5.07. The van der Waals surface area contributed by atoms with Crippen LogP contribution >= 0.6 is 0 Å². The molecule has 1 aliphatic rings. The summed E-state index contributed by atoms with van der Waals surface area (Å²) >= 11 is 0. The lowest BCUT2D eigenvalue weighted by atomic mass is 9.96. The first-order valence-corrected chi connectivity index (χ1v) is 11.1. The molecule has 8 heteroatoms. The molecule has 3 N–H and O–H groups in total. The zero-order valence-electron chi connectivity index (χ0n) is 16.1. The van der Waals surface area contributed by atoms with Gasteiger partial charge in [-0.15, -0.1) is 0 Å². The Morgan fingerprint density at radius 1 is 1.07 bits per heavy atom. The van der Waals surface area contributed by atoms with Gasteiger partial charge in [0.2, 0.25) is 21.8 Å². The molecule has 0 aliphatic carbocycles. The van der Waals surface area contributed by atoms with Gasteiger partial charge >= 0.3 is 0 Å². The molecule has 0 spiro atoms. The molecule has 1 saturated heterocycles. The Balaban J connectivity index is 1.52. The molecule has 2 aromatic carbocycles. The highest BCUT2D eigenvalue weighted by molar-refractivity contribution is 7.89. The molecule has 1 heterocycles. The molecule has 2 aromatic rings. The van der Waals surface area contributed by atoms with E-state index in [1.165, 1.54) is 12.1 Å². The van der Waals surface area contributed by atoms with Crippen LogP contribution in [-0.2, 0) is 26.0 Å². The molecule has 3 rings (SSSR count). The number of nitrogens with two attached hydrogens (primary N) is 1. The molecule has 7 nitrogen and oxygen atoms in total. The highest BCUT2D eigenvalue weighted by atomic mass is 32.2. The summed E-state index contributed by atoms with van der Waals surface area (Å²) in [5, 5.41) is 8.00. The Labute approximate surface area is 171 Å². The summed E-state index contributed by atoms with van der Waals surface area (Å²) in [5.41, 5.74) is 1.62. The summed E-state index contributed by atoms with van der Waals surface area (Å²) < 4.78 is 22.6. The smallest absolute Gasteiger partial charge is 0.238 e. The fourth-order valence-electron chi connectivity index (χ4n) is 3.44. The van der Waals surface area contributed by atoms with E-state index in [0.29, 0.717) is 25.9 Å². The number of rotatable bonds is 6. The first kappa shape index (κ1) is 21.0. The minimum absolute atomic E-state index is 0.00210. The molecule has 1 aliphatic heterocycles. The number of anilines is 1. The molecule has 0 unspecified atom stereocenters. The second-order valence-electron chi connectivity index (χ2n) is 7.22. The van der Waals surface area contributed by atoms with Gasteiger partial charge in [-0.05, 0) is 49.1 Å². The maximum atomic E-state index is 12.6. The van der Waals surface area contributed by atoms with Crippen LogP contribution in [0.25, 0.3) is 0 Å². The van der Waals surface area contributed by atoms with Crippen LogP contribution in [0.15, 0.2) is 59.5 Å². The van der Waals surface area contributed by atoms with Crippen molar-refractivity contribution in [2.24, 2.45) is 11.1 Å². The molecule has 1 fully saturated rings. The van der Waals surface area contributed by atoms with Crippen molar-refractivity contribution >= 4 is 27.5 Å². The van der Waals surface area contributed by atoms with E-state index in [0.717, 1.165) is 24.1 Å². The lowest BCUT2D eigenvalue weighted by Crippen LogP contribution is -2.43. The van der Waals surface area contributed by atoms with Crippen molar-refractivity contribution in [1.29, 1.82) is 0 Å². The first-order chi connectivity index (χ1) is 13.8. The van der Waals surface area contributed by atoms with Crippen molar-refractivity contribution in [3.05, 3.63) is 60.2 Å². The van der Waals surface area contributed by atoms with E-state index in [1.807, 2.05) is 30.3 Å². The van der Waals surface area contributed by atoms with Gasteiger partial charge in [-0.2, -0.15) is 0 Å². The Hall–Kier alpha value is -2.71. The fraction of sp³-hybridized carbons (Fsp3) is 0.333. The number of hydrogen-bond donors (Lipinski definition) is 2. The van der Waals surface area contributed by atoms with Crippen molar-refractivity contribution in [2.75, 3.05) is 18.4 Å². The van der Waals surface area contributed by atoms with E-state index < -0.39 is 10.0 Å². The van der Waals surface area contributed by atoms with Crippen molar-refractivity contribution in [2.45, 2.75) is 30.6 Å². The Bertz CT molecular complexity index is 959. The van der Waals surface area contributed by atoms with E-state index in [-0.39, 0.29) is 22.6 Å². The van der Waals surface area contributed by atoms with Crippen LogP contribution in [0, 0.1) is 5.92 Å². The number of hydrogen-bond acceptors (Lipinski definition) is 4. The lowest BCUT2D eigenvalue weighted by molar-refractivity contribution is -0.134. The summed E-state index contributed by atoms with van der Waals surface area (Å²) in [5.74, 6) is -0.285. The largest absolute Gasteiger partial charge is 0.342 e. The summed E-state index contributed by atoms with van der Waals surface area (Å²) in [6, 6.07) is 15.5. The predicted molar refractivity (Wildman–Crippen MR) is 111 cm³/mol. The number of nitrogens with one attached hydrogen (secondary N) is 1. The first-order valence-electron chi connectivity index (χ1n) is 9.58. The lowest BCUT2D eigenvalue weighted by Gasteiger charge is -2.32. The van der Waals surface area contributed by atoms with Gasteiger partial charge in [0.15, 0.2) is 0 Å². The van der Waals surface area contributed by atoms with Gasteiger partial charge < -0.3 is 10.2 Å². The van der Waals surface area contributed by atoms with Crippen LogP contribution in [-0.4, -0.2) is 38.2 Å². The molecule has 2 amide bonds. The minimum atomic E-state index is -3.72. The Morgan fingerprint density at radius 2 is 1.76 bits per heavy atom. The van der Waals surface area contributed by atoms with Gasteiger partial charge in [0, 0.05) is 25.2 Å². The molecule has 0 bridgehead atoms. The molecule has 0 radical (unpaired) electrons. The summed E-state index contributed by atoms with van der Waals surface area (Å²) in [6.07, 6.45) is 2.36. The van der Waals surface area contributed by atoms with Gasteiger partial charge in [0.1, 0.15) is 0 Å². The maximum Gasteiger partial charge on any atom is 0.238 e. The van der Waals surface area contributed by atoms with Crippen LogP contribution in [0.4, 0.5) is 5.69 Å². The molecule has 29 heavy (non-hydrogen) atoms. The summed E-state index contributed by atoms with van der Waals surface area (Å²) in [7, 11) is -3.72. The number of para-hydroxylation sites is 1. The van der Waals surface area contributed by atoms with E-state index in [9.17, 15) is 18.0 Å². The monoisotopic (exact) mass is 415 g/mol. The second-order valence-corrected chi connectivity index (χ2v) is 8.78. The van der Waals surface area contributed by atoms with Crippen LogP contribution < -0.4 is 10.5 Å². The van der Waals surface area contributed by atoms with Crippen molar-refractivity contribution < 1.29 is 18.0 Å². The van der Waals surface area contributed by atoms with Gasteiger partial charge in [-0.25, -0.2) is 13.6 Å². The van der Waals surface area contributed by atoms with Gasteiger partial charge in [0.25, 0.3) is 0 Å². The van der Waals surface area contributed by atoms with Crippen molar-refractivity contribution in [1.82, 2.24) is 4.90 Å². The quantitative estimate of drug-likeness (QED) is 0.753. The third-order valence-corrected chi connectivity index (χ3v) is 5.99. The molecule has 1 atom stereocenters. The molecule has 0 saturated carbocycles. The second kappa shape index (κ2) is 9.19. The summed E-state index contributed by atoms with van der Waals surface area (Å²) in [4.78, 5) is 26.9. The molecule has 0 aromatic heterocycles. The average molecular weight is 416 g/mol. The third kappa shape index (κ3) is 5.88. The zero-order chi connectivity index (χ0) is 20.9. The highest BCUT2D eigenvalue weighted by Crippen LogP contribution is 2.20. The maximum absolute atomic E-state index is 12.6.